The molecule has 1 fully saturated rings. The zero-order chi connectivity index (χ0) is 18.2. The van der Waals surface area contributed by atoms with Gasteiger partial charge in [-0.05, 0) is 26.8 Å². The van der Waals surface area contributed by atoms with Crippen LogP contribution in [0.3, 0.4) is 0 Å². The highest BCUT2D eigenvalue weighted by molar-refractivity contribution is 5.76. The van der Waals surface area contributed by atoms with E-state index in [9.17, 15) is 14.7 Å². The van der Waals surface area contributed by atoms with Crippen LogP contribution in [-0.4, -0.2) is 48.6 Å². The number of amides is 1. The molecule has 1 amide bonds. The molecule has 3 rings (SSSR count). The minimum absolute atomic E-state index is 0.0325. The highest BCUT2D eigenvalue weighted by Crippen LogP contribution is 2.30. The number of hydrogen-bond donors (Lipinski definition) is 1. The van der Waals surface area contributed by atoms with Crippen molar-refractivity contribution in [3.05, 3.63) is 46.1 Å². The van der Waals surface area contributed by atoms with Gasteiger partial charge in [0.05, 0.1) is 12.7 Å². The summed E-state index contributed by atoms with van der Waals surface area (Å²) in [5.41, 5.74) is -0.298. The second kappa shape index (κ2) is 6.44. The van der Waals surface area contributed by atoms with Gasteiger partial charge in [0.1, 0.15) is 17.8 Å². The van der Waals surface area contributed by atoms with Gasteiger partial charge >= 0.3 is 0 Å². The number of β-amino-alcohol motifs (C(OH)–C–C–N with tert-alkyl or cyclic N) is 1. The van der Waals surface area contributed by atoms with E-state index in [0.717, 1.165) is 0 Å². The van der Waals surface area contributed by atoms with Crippen LogP contribution in [0.1, 0.15) is 37.6 Å². The molecule has 0 saturated carbocycles. The summed E-state index contributed by atoms with van der Waals surface area (Å²) in [4.78, 5) is 26.2. The van der Waals surface area contributed by atoms with E-state index in [0.29, 0.717) is 24.2 Å². The molecule has 1 unspecified atom stereocenters. The van der Waals surface area contributed by atoms with Gasteiger partial charge in [-0.25, -0.2) is 4.68 Å². The number of aromatic nitrogens is 4. The van der Waals surface area contributed by atoms with Crippen LogP contribution in [0.4, 0.5) is 0 Å². The first-order valence-corrected chi connectivity index (χ1v) is 8.39. The van der Waals surface area contributed by atoms with E-state index in [1.807, 2.05) is 13.8 Å². The van der Waals surface area contributed by atoms with E-state index in [-0.39, 0.29) is 30.6 Å². The Bertz CT molecular complexity index is 841. The first kappa shape index (κ1) is 17.3. The van der Waals surface area contributed by atoms with Gasteiger partial charge in [-0.15, -0.1) is 5.10 Å². The molecule has 0 aliphatic carbocycles. The summed E-state index contributed by atoms with van der Waals surface area (Å²) in [6.45, 7) is 6.22. The van der Waals surface area contributed by atoms with Crippen LogP contribution < -0.4 is 5.56 Å². The molecule has 1 atom stereocenters. The maximum Gasteiger partial charge on any atom is 0.253 e. The lowest BCUT2D eigenvalue weighted by atomic mass is 10.00. The maximum atomic E-state index is 12.5. The summed E-state index contributed by atoms with van der Waals surface area (Å²) in [5.74, 6) is -0.195. The number of carbonyl (C=O) groups is 1. The highest BCUT2D eigenvalue weighted by Gasteiger charge is 2.41. The number of carbonyl (C=O) groups excluding carboxylic acids is 1. The van der Waals surface area contributed by atoms with Crippen molar-refractivity contribution in [3.63, 3.8) is 0 Å². The predicted molar refractivity (Wildman–Crippen MR) is 90.9 cm³/mol. The second-order valence-electron chi connectivity index (χ2n) is 6.90. The van der Waals surface area contributed by atoms with Crippen molar-refractivity contribution in [1.29, 1.82) is 0 Å². The van der Waals surface area contributed by atoms with Crippen LogP contribution in [0.25, 0.3) is 0 Å². The summed E-state index contributed by atoms with van der Waals surface area (Å²) in [6, 6.07) is 3.61. The van der Waals surface area contributed by atoms with Gasteiger partial charge in [0, 0.05) is 30.8 Å². The summed E-state index contributed by atoms with van der Waals surface area (Å²) >= 11 is 0. The zero-order valence-corrected chi connectivity index (χ0v) is 14.7. The minimum atomic E-state index is -1.19. The Hall–Kier alpha value is -2.48. The molecule has 0 radical (unpaired) electrons. The van der Waals surface area contributed by atoms with Gasteiger partial charge in [0.25, 0.3) is 5.56 Å². The fraction of sp³-hybridized carbons (Fsp3) is 0.529. The third-order valence-electron chi connectivity index (χ3n) is 4.63. The van der Waals surface area contributed by atoms with Crippen molar-refractivity contribution in [2.75, 3.05) is 13.1 Å². The van der Waals surface area contributed by atoms with E-state index >= 15 is 0 Å². The minimum Gasteiger partial charge on any atom is -0.381 e. The largest absolute Gasteiger partial charge is 0.381 e. The van der Waals surface area contributed by atoms with Gasteiger partial charge in [-0.2, -0.15) is 0 Å². The molecule has 1 aliphatic rings. The van der Waals surface area contributed by atoms with Crippen molar-refractivity contribution in [2.24, 2.45) is 0 Å². The summed E-state index contributed by atoms with van der Waals surface area (Å²) < 4.78 is 3.08. The average Bonchev–Trinajstić information content (AvgIpc) is 3.20. The van der Waals surface area contributed by atoms with Crippen molar-refractivity contribution in [1.82, 2.24) is 24.5 Å². The molecule has 1 saturated heterocycles. The van der Waals surface area contributed by atoms with E-state index in [4.69, 9.17) is 0 Å². The molecule has 8 nitrogen and oxygen atoms in total. The number of nitrogens with zero attached hydrogens (tertiary/aromatic N) is 5. The maximum absolute atomic E-state index is 12.5. The Labute approximate surface area is 145 Å². The first-order valence-electron chi connectivity index (χ1n) is 8.39. The molecule has 2 aromatic heterocycles. The fourth-order valence-electron chi connectivity index (χ4n) is 2.99. The molecule has 134 valence electrons. The predicted octanol–water partition coefficient (Wildman–Crippen LogP) is 0.449. The lowest BCUT2D eigenvalue weighted by Crippen LogP contribution is -2.38. The quantitative estimate of drug-likeness (QED) is 0.868. The van der Waals surface area contributed by atoms with Crippen LogP contribution in [0.15, 0.2) is 29.3 Å². The van der Waals surface area contributed by atoms with E-state index in [1.165, 1.54) is 4.57 Å². The SMILES string of the molecule is Cc1cccn(CC(=O)N2CCC(O)(c3cn(C(C)C)nn3)C2)c1=O. The van der Waals surface area contributed by atoms with Crippen molar-refractivity contribution < 1.29 is 9.90 Å². The van der Waals surface area contributed by atoms with Crippen LogP contribution in [0.2, 0.25) is 0 Å². The molecule has 0 spiro atoms. The van der Waals surface area contributed by atoms with E-state index in [1.54, 1.807) is 41.0 Å². The van der Waals surface area contributed by atoms with Crippen molar-refractivity contribution >= 4 is 5.91 Å². The fourth-order valence-corrected chi connectivity index (χ4v) is 2.99. The smallest absolute Gasteiger partial charge is 0.253 e. The van der Waals surface area contributed by atoms with E-state index in [2.05, 4.69) is 10.3 Å². The molecule has 1 N–H and O–H groups in total. The van der Waals surface area contributed by atoms with Gasteiger partial charge in [0.2, 0.25) is 5.91 Å². The molecule has 8 heteroatoms. The van der Waals surface area contributed by atoms with Gasteiger partial charge in [0.15, 0.2) is 0 Å². The van der Waals surface area contributed by atoms with Gasteiger partial charge < -0.3 is 14.6 Å². The van der Waals surface area contributed by atoms with Crippen molar-refractivity contribution in [3.8, 4) is 0 Å². The summed E-state index contributed by atoms with van der Waals surface area (Å²) in [6.07, 6.45) is 3.73. The topological polar surface area (TPSA) is 93.2 Å². The van der Waals surface area contributed by atoms with Crippen molar-refractivity contribution in [2.45, 2.75) is 45.4 Å². The number of aliphatic hydroxyl groups is 1. The first-order chi connectivity index (χ1) is 11.8. The van der Waals surface area contributed by atoms with E-state index < -0.39 is 5.60 Å². The highest BCUT2D eigenvalue weighted by atomic mass is 16.3. The third kappa shape index (κ3) is 3.34. The molecular weight excluding hydrogens is 322 g/mol. The molecule has 25 heavy (non-hydrogen) atoms. The zero-order valence-electron chi connectivity index (χ0n) is 14.7. The van der Waals surface area contributed by atoms with Crippen LogP contribution >= 0.6 is 0 Å². The number of pyridine rings is 1. The molecule has 1 aliphatic heterocycles. The van der Waals surface area contributed by atoms with Crippen LogP contribution in [0.5, 0.6) is 0 Å². The Morgan fingerprint density at radius 1 is 1.44 bits per heavy atom. The molecular formula is C17H23N5O3. The Balaban J connectivity index is 1.72. The van der Waals surface area contributed by atoms with Crippen LogP contribution in [0, 0.1) is 6.92 Å². The molecule has 2 aromatic rings. The Morgan fingerprint density at radius 2 is 2.20 bits per heavy atom. The van der Waals surface area contributed by atoms with Crippen LogP contribution in [-0.2, 0) is 16.9 Å². The number of aryl methyl sites for hydroxylation is 1. The normalized spacial score (nSPS) is 20.4. The monoisotopic (exact) mass is 345 g/mol. The number of rotatable bonds is 4. The third-order valence-corrected chi connectivity index (χ3v) is 4.63. The summed E-state index contributed by atoms with van der Waals surface area (Å²) in [7, 11) is 0. The summed E-state index contributed by atoms with van der Waals surface area (Å²) in [5, 5.41) is 19.0. The second-order valence-corrected chi connectivity index (χ2v) is 6.90. The Morgan fingerprint density at radius 3 is 2.88 bits per heavy atom. The molecule has 0 bridgehead atoms. The number of hydrogen-bond acceptors (Lipinski definition) is 5. The Kier molecular flexibility index (Phi) is 4.47. The molecule has 0 aromatic carbocycles. The van der Waals surface area contributed by atoms with Gasteiger partial charge in [-0.1, -0.05) is 11.3 Å². The van der Waals surface area contributed by atoms with Gasteiger partial charge in [-0.3, -0.25) is 9.59 Å². The average molecular weight is 345 g/mol. The lowest BCUT2D eigenvalue weighted by Gasteiger charge is -2.21. The number of likely N-dealkylation sites (tertiary alicyclic amines) is 1. The lowest BCUT2D eigenvalue weighted by molar-refractivity contribution is -0.131. The molecule has 3 heterocycles. The standard InChI is InChI=1S/C17H23N5O3/c1-12(2)22-9-14(18-19-22)17(25)6-8-21(11-17)15(23)10-20-7-4-5-13(3)16(20)24/h4-5,7,9,12,25H,6,8,10-11H2,1-3H3.